The van der Waals surface area contributed by atoms with Crippen LogP contribution >= 0.6 is 0 Å². The van der Waals surface area contributed by atoms with Crippen LogP contribution in [0.25, 0.3) is 22.3 Å². The second kappa shape index (κ2) is 11.3. The highest BCUT2D eigenvalue weighted by Gasteiger charge is 2.53. The Morgan fingerprint density at radius 2 is 0.982 bits per heavy atom. The van der Waals surface area contributed by atoms with Crippen molar-refractivity contribution in [2.75, 3.05) is 4.90 Å². The smallest absolute Gasteiger partial charge is 0.0726 e. The highest BCUT2D eigenvalue weighted by atomic mass is 15.1. The van der Waals surface area contributed by atoms with Crippen LogP contribution in [0.5, 0.6) is 0 Å². The maximum atomic E-state index is 2.61. The van der Waals surface area contributed by atoms with Crippen LogP contribution in [0.1, 0.15) is 104 Å². The molecule has 1 heteroatoms. The molecule has 3 unspecified atom stereocenters. The van der Waals surface area contributed by atoms with E-state index in [0.29, 0.717) is 5.41 Å². The van der Waals surface area contributed by atoms with E-state index in [1.54, 1.807) is 11.1 Å². The molecule has 1 nitrogen and oxygen atoms in total. The molecule has 55 heavy (non-hydrogen) atoms. The lowest BCUT2D eigenvalue weighted by molar-refractivity contribution is -0.00518. The van der Waals surface area contributed by atoms with Crippen molar-refractivity contribution in [3.8, 4) is 22.3 Å². The van der Waals surface area contributed by atoms with Gasteiger partial charge in [0.05, 0.1) is 11.1 Å². The fourth-order valence-electron chi connectivity index (χ4n) is 14.7. The Morgan fingerprint density at radius 1 is 0.436 bits per heavy atom. The summed E-state index contributed by atoms with van der Waals surface area (Å²) in [6, 6.07) is 54.8. The number of nitrogens with zero attached hydrogens (tertiary/aromatic N) is 1. The van der Waals surface area contributed by atoms with Gasteiger partial charge in [-0.15, -0.1) is 0 Å². The van der Waals surface area contributed by atoms with Crippen LogP contribution in [0, 0.1) is 29.6 Å². The van der Waals surface area contributed by atoms with Gasteiger partial charge in [-0.05, 0) is 179 Å². The van der Waals surface area contributed by atoms with Gasteiger partial charge in [-0.1, -0.05) is 116 Å². The summed E-state index contributed by atoms with van der Waals surface area (Å²) >= 11 is 0. The first-order valence-electron chi connectivity index (χ1n) is 21.6. The second-order valence-corrected chi connectivity index (χ2v) is 19.0. The van der Waals surface area contributed by atoms with E-state index >= 15 is 0 Å². The van der Waals surface area contributed by atoms with Crippen molar-refractivity contribution in [1.29, 1.82) is 0 Å². The lowest BCUT2D eigenvalue weighted by Crippen LogP contribution is -2.48. The summed E-state index contributed by atoms with van der Waals surface area (Å²) in [6.07, 6.45) is 14.4. The fourth-order valence-corrected chi connectivity index (χ4v) is 14.7. The quantitative estimate of drug-likeness (QED) is 0.172. The molecule has 0 amide bonds. The minimum Gasteiger partial charge on any atom is -0.310 e. The van der Waals surface area contributed by atoms with Gasteiger partial charge >= 0.3 is 0 Å². The molecule has 8 aliphatic carbocycles. The van der Waals surface area contributed by atoms with Gasteiger partial charge in [0, 0.05) is 16.9 Å². The maximum Gasteiger partial charge on any atom is 0.0726 e. The van der Waals surface area contributed by atoms with Crippen LogP contribution in [0.4, 0.5) is 17.1 Å². The summed E-state index contributed by atoms with van der Waals surface area (Å²) < 4.78 is 0. The molecule has 0 radical (unpaired) electrons. The number of hydrogen-bond donors (Lipinski definition) is 0. The third-order valence-corrected chi connectivity index (χ3v) is 16.3. The van der Waals surface area contributed by atoms with Crippen molar-refractivity contribution in [2.45, 2.75) is 81.0 Å². The molecule has 6 bridgehead atoms. The predicted octanol–water partition coefficient (Wildman–Crippen LogP) is 13.9. The van der Waals surface area contributed by atoms with Crippen LogP contribution in [-0.4, -0.2) is 0 Å². The van der Waals surface area contributed by atoms with Gasteiger partial charge in [0.25, 0.3) is 0 Å². The summed E-state index contributed by atoms with van der Waals surface area (Å²) in [6.45, 7) is 0. The summed E-state index contributed by atoms with van der Waals surface area (Å²) in [4.78, 5) is 2.61. The highest BCUT2D eigenvalue weighted by molar-refractivity contribution is 6.01. The first-order chi connectivity index (χ1) is 27.2. The maximum absolute atomic E-state index is 2.61. The molecule has 0 aromatic heterocycles. The molecule has 1 spiro atoms. The number of fused-ring (bicyclic) bond motifs is 12. The molecule has 6 aromatic rings. The highest BCUT2D eigenvalue weighted by Crippen LogP contribution is 2.65. The number of hydrogen-bond acceptors (Lipinski definition) is 1. The number of benzene rings is 6. The molecule has 6 fully saturated rings. The van der Waals surface area contributed by atoms with Crippen LogP contribution in [0.2, 0.25) is 0 Å². The second-order valence-electron chi connectivity index (χ2n) is 19.0. The summed E-state index contributed by atoms with van der Waals surface area (Å²) in [7, 11) is 0. The van der Waals surface area contributed by atoms with Crippen molar-refractivity contribution in [3.63, 3.8) is 0 Å². The first kappa shape index (κ1) is 31.3. The number of rotatable bonds is 5. The topological polar surface area (TPSA) is 3.24 Å². The van der Waals surface area contributed by atoms with Crippen LogP contribution in [0.15, 0.2) is 140 Å². The van der Waals surface area contributed by atoms with Crippen molar-refractivity contribution in [1.82, 2.24) is 0 Å². The molecule has 8 aliphatic rings. The third kappa shape index (κ3) is 4.25. The molecule has 0 saturated heterocycles. The summed E-state index contributed by atoms with van der Waals surface area (Å²) in [5.74, 6) is 5.40. The van der Waals surface area contributed by atoms with E-state index < -0.39 is 0 Å². The molecular weight excluding hydrogens is 663 g/mol. The molecule has 0 N–H and O–H groups in total. The van der Waals surface area contributed by atoms with Crippen molar-refractivity contribution >= 4 is 17.1 Å². The summed E-state index contributed by atoms with van der Waals surface area (Å²) in [5, 5.41) is 0. The average molecular weight is 712 g/mol. The monoisotopic (exact) mass is 711 g/mol. The zero-order valence-electron chi connectivity index (χ0n) is 31.8. The molecule has 0 aliphatic heterocycles. The van der Waals surface area contributed by atoms with Gasteiger partial charge in [-0.3, -0.25) is 0 Å². The van der Waals surface area contributed by atoms with Crippen LogP contribution in [-0.2, 0) is 10.8 Å². The van der Waals surface area contributed by atoms with Gasteiger partial charge in [-0.2, -0.15) is 0 Å². The molecule has 6 aromatic carbocycles. The molecule has 0 heterocycles. The van der Waals surface area contributed by atoms with E-state index in [1.165, 1.54) is 126 Å². The fraction of sp³-hybridized carbons (Fsp3) is 0.333. The number of anilines is 3. The van der Waals surface area contributed by atoms with E-state index in [4.69, 9.17) is 0 Å². The normalized spacial score (nSPS) is 29.3. The van der Waals surface area contributed by atoms with Gasteiger partial charge in [0.1, 0.15) is 0 Å². The Balaban J connectivity index is 0.998. The first-order valence-corrected chi connectivity index (χ1v) is 21.6. The van der Waals surface area contributed by atoms with E-state index in [-0.39, 0.29) is 5.41 Å². The largest absolute Gasteiger partial charge is 0.310 e. The van der Waals surface area contributed by atoms with Crippen LogP contribution in [0.3, 0.4) is 0 Å². The minimum absolute atomic E-state index is 0.352. The lowest BCUT2D eigenvalue weighted by Gasteiger charge is -2.57. The van der Waals surface area contributed by atoms with Gasteiger partial charge in [0.2, 0.25) is 0 Å². The van der Waals surface area contributed by atoms with Gasteiger partial charge in [0.15, 0.2) is 0 Å². The van der Waals surface area contributed by atoms with E-state index in [9.17, 15) is 0 Å². The molecule has 14 rings (SSSR count). The van der Waals surface area contributed by atoms with Crippen LogP contribution < -0.4 is 4.90 Å². The Hall–Kier alpha value is -4.88. The van der Waals surface area contributed by atoms with Gasteiger partial charge in [-0.25, -0.2) is 0 Å². The zero-order chi connectivity index (χ0) is 35.9. The molecular formula is C54H49N. The third-order valence-electron chi connectivity index (χ3n) is 16.3. The summed E-state index contributed by atoms with van der Waals surface area (Å²) in [5.41, 5.74) is 18.0. The standard InChI is InChI=1S/C54H49N/c1-4-11-47-43(8-1)44-9-2-5-12-48(44)54(47)49-13-6-3-10-45(49)52-50(54)14-7-15-51(52)55(41-22-18-38(19-23-41)46-30-34-16-17-39(46)29-34)42-24-20-40(21-25-42)53-31-35-26-36(32-53)28-37(27-35)33-53/h1-15,18-25,34-37,39,46H,16-17,26-33H2. The Morgan fingerprint density at radius 3 is 1.56 bits per heavy atom. The minimum atomic E-state index is -0.352. The Labute approximate surface area is 326 Å². The van der Waals surface area contributed by atoms with Crippen molar-refractivity contribution in [3.05, 3.63) is 173 Å². The SMILES string of the molecule is c1ccc2c(c1)-c1ccccc1C21c2ccccc2-c2c(N(c3ccc(C4CC5CCC4C5)cc3)c3ccc(C45CC6CC(CC(C6)C4)C5)cc3)cccc21. The zero-order valence-corrected chi connectivity index (χ0v) is 31.8. The van der Waals surface area contributed by atoms with E-state index in [2.05, 4.69) is 144 Å². The average Bonchev–Trinajstić information content (AvgIpc) is 4.00. The van der Waals surface area contributed by atoms with Crippen molar-refractivity contribution in [2.24, 2.45) is 29.6 Å². The van der Waals surface area contributed by atoms with Gasteiger partial charge < -0.3 is 4.90 Å². The Bertz CT molecular complexity index is 2420. The van der Waals surface area contributed by atoms with E-state index in [1.807, 2.05) is 0 Å². The molecule has 6 saturated carbocycles. The van der Waals surface area contributed by atoms with E-state index in [0.717, 1.165) is 35.5 Å². The lowest BCUT2D eigenvalue weighted by atomic mass is 9.48. The predicted molar refractivity (Wildman–Crippen MR) is 225 cm³/mol. The van der Waals surface area contributed by atoms with Crippen molar-refractivity contribution < 1.29 is 0 Å². The Kier molecular flexibility index (Phi) is 6.47. The molecule has 3 atom stereocenters. The molecule has 270 valence electrons.